The van der Waals surface area contributed by atoms with Crippen LogP contribution in [-0.2, 0) is 50.4 Å². The number of rotatable bonds is 5. The van der Waals surface area contributed by atoms with E-state index in [-0.39, 0.29) is 67.5 Å². The third kappa shape index (κ3) is 12.6. The Hall–Kier alpha value is -10.3. The van der Waals surface area contributed by atoms with Crippen LogP contribution in [0.15, 0.2) is 109 Å². The predicted octanol–water partition coefficient (Wildman–Crippen LogP) is 5.68. The smallest absolute Gasteiger partial charge is 0.446 e. The summed E-state index contributed by atoms with van der Waals surface area (Å²) in [6, 6.07) is 6.34. The van der Waals surface area contributed by atoms with Crippen molar-refractivity contribution < 1.29 is 100 Å². The molecule has 0 saturated carbocycles. The van der Waals surface area contributed by atoms with Crippen LogP contribution >= 0.6 is 34.8 Å². The number of aromatic hydroxyl groups is 4. The number of nitrogens with one attached hydrogen (secondary N) is 7. The molecule has 92 heavy (non-hydrogen) atoms. The highest BCUT2D eigenvalue weighted by Gasteiger charge is 2.42. The minimum atomic E-state index is -5.25. The maximum absolute atomic E-state index is 15.9. The van der Waals surface area contributed by atoms with Crippen LogP contribution in [0.1, 0.15) is 75.3 Å². The summed E-state index contributed by atoms with van der Waals surface area (Å²) < 4.78 is 63.6. The molecule has 7 aromatic carbocycles. The molecule has 17 bridgehead atoms. The lowest BCUT2D eigenvalue weighted by Gasteiger charge is -2.31. The number of carbonyl (C=O) groups excluding carboxylic acids is 6. The van der Waals surface area contributed by atoms with Crippen molar-refractivity contribution >= 4 is 86.6 Å². The normalized spacial score (nSPS) is 21.4. The number of carbonyl (C=O) groups is 7. The Labute approximate surface area is 533 Å². The van der Waals surface area contributed by atoms with Crippen LogP contribution in [0.3, 0.4) is 0 Å². The summed E-state index contributed by atoms with van der Waals surface area (Å²) in [7, 11) is -2.66. The van der Waals surface area contributed by atoms with Gasteiger partial charge in [-0.3, -0.25) is 33.3 Å². The van der Waals surface area contributed by atoms with Crippen molar-refractivity contribution in [2.45, 2.75) is 54.8 Å². The Bertz CT molecular complexity index is 4430. The minimum absolute atomic E-state index is 0.0849. The van der Waals surface area contributed by atoms with Crippen molar-refractivity contribution in [2.75, 3.05) is 14.2 Å². The van der Waals surface area contributed by atoms with Gasteiger partial charge in [-0.05, 0) is 119 Å². The van der Waals surface area contributed by atoms with Crippen molar-refractivity contribution in [3.8, 4) is 80.1 Å². The number of amides is 6. The number of carboxylic acid groups (broad SMARTS) is 1. The second-order valence-corrected chi connectivity index (χ2v) is 23.4. The lowest BCUT2D eigenvalue weighted by Crippen LogP contribution is -2.55. The quantitative estimate of drug-likeness (QED) is 0.0922. The summed E-state index contributed by atoms with van der Waals surface area (Å²) in [6.45, 7) is 0. The van der Waals surface area contributed by atoms with Gasteiger partial charge in [-0.2, -0.15) is 8.42 Å². The lowest BCUT2D eigenvalue weighted by atomic mass is 9.89. The van der Waals surface area contributed by atoms with E-state index >= 15 is 19.2 Å². The Balaban J connectivity index is 1.16. The van der Waals surface area contributed by atoms with Gasteiger partial charge in [0.05, 0.1) is 22.2 Å². The molecule has 0 saturated heterocycles. The van der Waals surface area contributed by atoms with Crippen molar-refractivity contribution in [2.24, 2.45) is 0 Å². The van der Waals surface area contributed by atoms with E-state index < -0.39 is 168 Å². The summed E-state index contributed by atoms with van der Waals surface area (Å²) in [4.78, 5) is 104. The van der Waals surface area contributed by atoms with Crippen LogP contribution in [0.2, 0.25) is 15.1 Å². The number of likely N-dealkylation sites (N-methyl/N-ethyl adjacent to an activating group) is 1. The third-order valence-corrected chi connectivity index (χ3v) is 16.4. The van der Waals surface area contributed by atoms with Gasteiger partial charge in [0, 0.05) is 35.2 Å². The number of phenols is 4. The molecule has 6 heterocycles. The number of aliphatic hydroxyl groups excluding tert-OH is 1. The number of methoxy groups -OCH3 is 1. The molecule has 7 aromatic rings. The highest BCUT2D eigenvalue weighted by atomic mass is 35.5. The fourth-order valence-corrected chi connectivity index (χ4v) is 12.0. The Morgan fingerprint density at radius 1 is 0.587 bits per heavy atom. The molecule has 6 amide bonds. The number of carboxylic acids is 1. The van der Waals surface area contributed by atoms with Crippen molar-refractivity contribution in [3.05, 3.63) is 163 Å². The van der Waals surface area contributed by atoms with Gasteiger partial charge in [0.25, 0.3) is 0 Å². The van der Waals surface area contributed by atoms with E-state index in [0.29, 0.717) is 5.56 Å². The SMILES string of the molecule is CN[C@H]1C(=O)N[C@@H]2Cc3ccc(c(Cl)c3)Oc3cc4cc(c3OC)Oc3ccc(cc3Cl)[C@@H](O)[C@H]3NC(=O)C(NC(=O)[C@@H]4NC(=O)[C@@H](NC2=O)c2cc(O)cc(c2)Oc2cc1ccc2OS(=O)(=O)O)c1cc(Cl)c(O)c(c1)-c1c(O)cc(O)cc1[C@@H](C(=O)O)NC3=O. The average molecular weight is 1340 g/mol. The highest BCUT2D eigenvalue weighted by molar-refractivity contribution is 7.81. The van der Waals surface area contributed by atoms with Gasteiger partial charge in [-0.15, -0.1) is 0 Å². The van der Waals surface area contributed by atoms with Crippen LogP contribution in [0.5, 0.6) is 69.0 Å². The number of aliphatic hydroxyl groups is 1. The molecule has 6 aliphatic heterocycles. The molecule has 0 fully saturated rings. The summed E-state index contributed by atoms with van der Waals surface area (Å²) in [6.07, 6.45) is -2.53. The van der Waals surface area contributed by atoms with E-state index in [9.17, 15) is 58.0 Å². The van der Waals surface area contributed by atoms with Crippen LogP contribution in [-0.4, -0.2) is 111 Å². The zero-order chi connectivity index (χ0) is 65.9. The van der Waals surface area contributed by atoms with Gasteiger partial charge in [0.15, 0.2) is 29.0 Å². The Kier molecular flexibility index (Phi) is 17.1. The molecule has 13 rings (SSSR count). The highest BCUT2D eigenvalue weighted by Crippen LogP contribution is 2.49. The topological polar surface area (TPSA) is 426 Å². The molecule has 0 aromatic heterocycles. The molecular weight excluding hydrogens is 1290 g/mol. The van der Waals surface area contributed by atoms with Crippen molar-refractivity contribution in [3.63, 3.8) is 0 Å². The maximum atomic E-state index is 15.9. The largest absolute Gasteiger partial charge is 0.508 e. The molecule has 0 spiro atoms. The van der Waals surface area contributed by atoms with E-state index in [2.05, 4.69) is 37.2 Å². The number of phenolic OH excluding ortho intramolecular Hbond substituents is 4. The van der Waals surface area contributed by atoms with Crippen LogP contribution in [0.25, 0.3) is 11.1 Å². The number of fused-ring (bicyclic) bond motifs is 14. The number of benzene rings is 7. The number of hydrogen-bond acceptors (Lipinski definition) is 20. The third-order valence-electron chi connectivity index (χ3n) is 15.1. The number of ether oxygens (including phenoxy) is 4. The van der Waals surface area contributed by atoms with Gasteiger partial charge in [-0.1, -0.05) is 53.0 Å². The fraction of sp³-hybridized carbons (Fsp3) is 0.183. The summed E-state index contributed by atoms with van der Waals surface area (Å²) in [5, 5.41) is 84.9. The van der Waals surface area contributed by atoms with Crippen molar-refractivity contribution in [1.29, 1.82) is 0 Å². The Morgan fingerprint density at radius 2 is 1.16 bits per heavy atom. The van der Waals surface area contributed by atoms with E-state index in [1.54, 1.807) is 0 Å². The first-order chi connectivity index (χ1) is 43.6. The molecule has 14 N–H and O–H groups in total. The first kappa shape index (κ1) is 63.3. The predicted molar refractivity (Wildman–Crippen MR) is 320 cm³/mol. The van der Waals surface area contributed by atoms with Crippen molar-refractivity contribution in [1.82, 2.24) is 37.2 Å². The van der Waals surface area contributed by atoms with Gasteiger partial charge < -0.3 is 91.0 Å². The number of hydrogen-bond donors (Lipinski definition) is 14. The van der Waals surface area contributed by atoms with Gasteiger partial charge >= 0.3 is 16.4 Å². The molecule has 476 valence electrons. The second-order valence-electron chi connectivity index (χ2n) is 21.1. The number of halogens is 3. The first-order valence-electron chi connectivity index (χ1n) is 27.1. The zero-order valence-corrected chi connectivity index (χ0v) is 50.2. The lowest BCUT2D eigenvalue weighted by molar-refractivity contribution is -0.143. The van der Waals surface area contributed by atoms with Crippen LogP contribution < -0.4 is 60.3 Å². The molecule has 0 radical (unpaired) electrons. The van der Waals surface area contributed by atoms with E-state index in [1.165, 1.54) is 62.7 Å². The summed E-state index contributed by atoms with van der Waals surface area (Å²) in [5.74, 6) is -15.1. The standard InChI is InChI=1S/C60H48Cl3N7O21S/c1-64-45-23-4-8-40(91-92(84,85)86)41(16-23)88-30-12-25(11-28(71)19-30)46-56(78)68-48-27-17-42(89-38-6-3-22(9-33(38)61)10-36(54(76)66-46)65-55(45)77)53(87-2)43(18-27)90-39-7-5-24(14-34(39)62)51(74)50-59(81)69-49(60(82)83)31-20-29(72)21-37(73)44(31)32-13-26(15-35(63)52(32)75)47(58(80)70-50)67-57(48)79/h3-9,11-21,36,45-51,64,71-75H,10H2,1-2H3,(H,65,77)(H,66,76)(H,67,79)(H,68,78)(H,69,81)(H,70,80)(H,82,83)(H,84,85,86)/t36-,45-,46+,47?,48-,49+,50-,51-/m1/s1. The Morgan fingerprint density at radius 3 is 1.78 bits per heavy atom. The second kappa shape index (κ2) is 24.8. The average Bonchev–Trinajstić information content (AvgIpc) is 0.776. The van der Waals surface area contributed by atoms with Crippen LogP contribution in [0.4, 0.5) is 0 Å². The molecule has 6 aliphatic rings. The van der Waals surface area contributed by atoms with Gasteiger partial charge in [0.2, 0.25) is 41.2 Å². The monoisotopic (exact) mass is 1340 g/mol. The van der Waals surface area contributed by atoms with E-state index in [4.69, 9.17) is 57.9 Å². The molecule has 1 unspecified atom stereocenters. The molecule has 32 heteroatoms. The molecular formula is C60H48Cl3N7O21S. The minimum Gasteiger partial charge on any atom is -0.508 e. The van der Waals surface area contributed by atoms with Crippen LogP contribution in [0, 0.1) is 0 Å². The molecule has 8 atom stereocenters. The van der Waals surface area contributed by atoms with Gasteiger partial charge in [-0.25, -0.2) is 4.79 Å². The van der Waals surface area contributed by atoms with Gasteiger partial charge in [0.1, 0.15) is 82.6 Å². The fourth-order valence-electron chi connectivity index (χ4n) is 10.9. The molecule has 0 aliphatic carbocycles. The number of aliphatic carboxylic acids is 1. The van der Waals surface area contributed by atoms with E-state index in [0.717, 1.165) is 60.7 Å². The first-order valence-corrected chi connectivity index (χ1v) is 29.6. The summed E-state index contributed by atoms with van der Waals surface area (Å²) >= 11 is 20.6. The zero-order valence-electron chi connectivity index (χ0n) is 47.1. The molecule has 28 nitrogen and oxygen atoms in total. The van der Waals surface area contributed by atoms with E-state index in [1.807, 2.05) is 0 Å². The summed E-state index contributed by atoms with van der Waals surface area (Å²) in [5.41, 5.74) is -2.55. The maximum Gasteiger partial charge on any atom is 0.446 e.